The molecule has 1 heterocycles. The van der Waals surface area contributed by atoms with E-state index in [-0.39, 0.29) is 33.2 Å². The lowest BCUT2D eigenvalue weighted by atomic mass is 10.1. The number of esters is 1. The van der Waals surface area contributed by atoms with Crippen LogP contribution in [0.15, 0.2) is 47.4 Å². The van der Waals surface area contributed by atoms with Gasteiger partial charge in [0, 0.05) is 11.3 Å². The summed E-state index contributed by atoms with van der Waals surface area (Å²) in [5, 5.41) is 0. The minimum Gasteiger partial charge on any atom is -0.454 e. The van der Waals surface area contributed by atoms with Crippen molar-refractivity contribution in [3.8, 4) is 0 Å². The van der Waals surface area contributed by atoms with Crippen molar-refractivity contribution in [3.63, 3.8) is 0 Å². The number of ketones is 2. The number of benzene rings is 2. The summed E-state index contributed by atoms with van der Waals surface area (Å²) in [7, 11) is -4.14. The first kappa shape index (κ1) is 24.8. The molecule has 34 heavy (non-hydrogen) atoms. The molecule has 0 fully saturated rings. The van der Waals surface area contributed by atoms with Crippen molar-refractivity contribution in [1.29, 1.82) is 0 Å². The summed E-state index contributed by atoms with van der Waals surface area (Å²) in [6, 6.07) is 8.98. The van der Waals surface area contributed by atoms with Crippen LogP contribution < -0.4 is 4.72 Å². The minimum atomic E-state index is -4.14. The zero-order valence-electron chi connectivity index (χ0n) is 19.0. The van der Waals surface area contributed by atoms with E-state index in [9.17, 15) is 27.2 Å². The second-order valence-electron chi connectivity index (χ2n) is 7.74. The van der Waals surface area contributed by atoms with E-state index in [1.165, 1.54) is 38.1 Å². The number of aromatic amines is 1. The number of aromatic nitrogens is 1. The van der Waals surface area contributed by atoms with Crippen molar-refractivity contribution in [2.45, 2.75) is 32.6 Å². The van der Waals surface area contributed by atoms with Crippen LogP contribution in [0.2, 0.25) is 0 Å². The minimum absolute atomic E-state index is 0.0607. The van der Waals surface area contributed by atoms with E-state index in [0.717, 1.165) is 18.2 Å². The number of ether oxygens (including phenoxy) is 1. The zero-order chi connectivity index (χ0) is 25.2. The molecule has 0 saturated heterocycles. The average Bonchev–Trinajstić information content (AvgIpc) is 3.05. The molecule has 8 nitrogen and oxygen atoms in total. The Balaban J connectivity index is 1.79. The molecule has 0 bridgehead atoms. The standard InChI is InChI=1S/C24H23FN2O6S/c1-13-11-17(25)9-10-21(13)34(31,32)27-19-8-6-5-7-18(19)24(30)33-12-20(29)23-14(2)22(16(4)28)15(3)26-23/h5-11,26-27H,12H2,1-4H3. The van der Waals surface area contributed by atoms with Crippen molar-refractivity contribution in [1.82, 2.24) is 4.98 Å². The van der Waals surface area contributed by atoms with Crippen molar-refractivity contribution in [2.75, 3.05) is 11.3 Å². The average molecular weight is 487 g/mol. The number of aryl methyl sites for hydroxylation is 2. The first-order valence-corrected chi connectivity index (χ1v) is 11.7. The number of carbonyl (C=O) groups is 3. The Labute approximate surface area is 196 Å². The Kier molecular flexibility index (Phi) is 7.01. The highest BCUT2D eigenvalue weighted by Crippen LogP contribution is 2.24. The maximum atomic E-state index is 13.4. The van der Waals surface area contributed by atoms with Gasteiger partial charge >= 0.3 is 5.97 Å². The molecule has 0 saturated carbocycles. The van der Waals surface area contributed by atoms with Gasteiger partial charge in [-0.15, -0.1) is 0 Å². The van der Waals surface area contributed by atoms with E-state index in [1.54, 1.807) is 13.8 Å². The van der Waals surface area contributed by atoms with Crippen molar-refractivity contribution < 1.29 is 31.9 Å². The number of nitrogens with one attached hydrogen (secondary N) is 2. The van der Waals surface area contributed by atoms with Gasteiger partial charge in [-0.25, -0.2) is 17.6 Å². The number of Topliss-reactive ketones (excluding diaryl/α,β-unsaturated/α-hetero) is 2. The van der Waals surface area contributed by atoms with Crippen molar-refractivity contribution in [2.24, 2.45) is 0 Å². The number of H-pyrrole nitrogens is 1. The Morgan fingerprint density at radius 3 is 2.35 bits per heavy atom. The summed E-state index contributed by atoms with van der Waals surface area (Å²) in [6.45, 7) is 5.51. The summed E-state index contributed by atoms with van der Waals surface area (Å²) in [4.78, 5) is 39.7. The van der Waals surface area contributed by atoms with Gasteiger partial charge in [0.25, 0.3) is 10.0 Å². The van der Waals surface area contributed by atoms with E-state index < -0.39 is 34.2 Å². The molecule has 2 N–H and O–H groups in total. The van der Waals surface area contributed by atoms with Crippen LogP contribution in [0.5, 0.6) is 0 Å². The summed E-state index contributed by atoms with van der Waals surface area (Å²) in [5.74, 6) is -2.23. The zero-order valence-corrected chi connectivity index (χ0v) is 19.8. The van der Waals surface area contributed by atoms with E-state index in [4.69, 9.17) is 4.74 Å². The summed E-state index contributed by atoms with van der Waals surface area (Å²) >= 11 is 0. The predicted octanol–water partition coefficient (Wildman–Crippen LogP) is 4.12. The van der Waals surface area contributed by atoms with Gasteiger partial charge in [-0.1, -0.05) is 12.1 Å². The first-order valence-electron chi connectivity index (χ1n) is 10.2. The number of hydrogen-bond donors (Lipinski definition) is 2. The third-order valence-corrected chi connectivity index (χ3v) is 6.75. The Hall–Kier alpha value is -3.79. The fourth-order valence-electron chi connectivity index (χ4n) is 3.70. The Morgan fingerprint density at radius 1 is 1.06 bits per heavy atom. The summed E-state index contributed by atoms with van der Waals surface area (Å²) < 4.78 is 46.4. The van der Waals surface area contributed by atoms with Gasteiger partial charge in [0.05, 0.1) is 21.8 Å². The highest BCUT2D eigenvalue weighted by Gasteiger charge is 2.24. The summed E-state index contributed by atoms with van der Waals surface area (Å²) in [5.41, 5.74) is 1.60. The van der Waals surface area contributed by atoms with Crippen LogP contribution in [0.25, 0.3) is 0 Å². The van der Waals surface area contributed by atoms with Crippen LogP contribution in [0.3, 0.4) is 0 Å². The number of sulfonamides is 1. The van der Waals surface area contributed by atoms with E-state index >= 15 is 0 Å². The molecule has 0 radical (unpaired) electrons. The molecule has 2 aromatic carbocycles. The maximum Gasteiger partial charge on any atom is 0.340 e. The molecule has 0 unspecified atom stereocenters. The smallest absolute Gasteiger partial charge is 0.340 e. The van der Waals surface area contributed by atoms with Crippen LogP contribution in [0.1, 0.15) is 54.9 Å². The molecular weight excluding hydrogens is 463 g/mol. The molecule has 0 aliphatic carbocycles. The van der Waals surface area contributed by atoms with E-state index in [0.29, 0.717) is 16.8 Å². The first-order chi connectivity index (χ1) is 15.9. The molecule has 1 aromatic heterocycles. The van der Waals surface area contributed by atoms with Gasteiger partial charge in [0.2, 0.25) is 5.78 Å². The third kappa shape index (κ3) is 5.07. The Bertz CT molecular complexity index is 1410. The number of halogens is 1. The van der Waals surface area contributed by atoms with Crippen LogP contribution in [0, 0.1) is 26.6 Å². The van der Waals surface area contributed by atoms with Gasteiger partial charge in [-0.3, -0.25) is 14.3 Å². The highest BCUT2D eigenvalue weighted by molar-refractivity contribution is 7.92. The lowest BCUT2D eigenvalue weighted by Gasteiger charge is -2.13. The van der Waals surface area contributed by atoms with Crippen molar-refractivity contribution >= 4 is 33.2 Å². The molecule has 10 heteroatoms. The number of hydrogen-bond acceptors (Lipinski definition) is 6. The highest BCUT2D eigenvalue weighted by atomic mass is 32.2. The fourth-order valence-corrected chi connectivity index (χ4v) is 5.01. The number of carbonyl (C=O) groups excluding carboxylic acids is 3. The number of anilines is 1. The van der Waals surface area contributed by atoms with Crippen molar-refractivity contribution in [3.05, 3.63) is 81.9 Å². The van der Waals surface area contributed by atoms with Gasteiger partial charge < -0.3 is 9.72 Å². The van der Waals surface area contributed by atoms with Crippen LogP contribution >= 0.6 is 0 Å². The molecule has 0 amide bonds. The van der Waals surface area contributed by atoms with Gasteiger partial charge in [0.1, 0.15) is 5.82 Å². The molecular formula is C24H23FN2O6S. The molecule has 0 atom stereocenters. The molecule has 3 rings (SSSR count). The molecule has 0 spiro atoms. The molecule has 3 aromatic rings. The normalized spacial score (nSPS) is 11.2. The van der Waals surface area contributed by atoms with E-state index in [1.807, 2.05) is 0 Å². The number of rotatable bonds is 8. The third-order valence-electron chi connectivity index (χ3n) is 5.22. The SMILES string of the molecule is CC(=O)c1c(C)[nH]c(C(=O)COC(=O)c2ccccc2NS(=O)(=O)c2ccc(F)cc2C)c1C. The predicted molar refractivity (Wildman–Crippen MR) is 123 cm³/mol. The lowest BCUT2D eigenvalue weighted by molar-refractivity contribution is 0.0474. The van der Waals surface area contributed by atoms with Gasteiger partial charge in [-0.2, -0.15) is 0 Å². The summed E-state index contributed by atoms with van der Waals surface area (Å²) in [6.07, 6.45) is 0. The second kappa shape index (κ2) is 9.60. The van der Waals surface area contributed by atoms with Crippen LogP contribution in [-0.2, 0) is 14.8 Å². The quantitative estimate of drug-likeness (QED) is 0.365. The van der Waals surface area contributed by atoms with E-state index in [2.05, 4.69) is 9.71 Å². The van der Waals surface area contributed by atoms with Crippen LogP contribution in [0.4, 0.5) is 10.1 Å². The maximum absolute atomic E-state index is 13.4. The number of para-hydroxylation sites is 1. The van der Waals surface area contributed by atoms with Gasteiger partial charge in [0.15, 0.2) is 12.4 Å². The molecule has 178 valence electrons. The molecule has 0 aliphatic rings. The lowest BCUT2D eigenvalue weighted by Crippen LogP contribution is -2.19. The van der Waals surface area contributed by atoms with Crippen LogP contribution in [-0.4, -0.2) is 37.5 Å². The van der Waals surface area contributed by atoms with Gasteiger partial charge in [-0.05, 0) is 69.2 Å². The largest absolute Gasteiger partial charge is 0.454 e. The Morgan fingerprint density at radius 2 is 1.74 bits per heavy atom. The molecule has 0 aliphatic heterocycles. The monoisotopic (exact) mass is 486 g/mol. The topological polar surface area (TPSA) is 122 Å². The second-order valence-corrected chi connectivity index (χ2v) is 9.39. The fraction of sp³-hybridized carbons (Fsp3) is 0.208.